The van der Waals surface area contributed by atoms with Crippen LogP contribution in [0.2, 0.25) is 0 Å². The fourth-order valence-corrected chi connectivity index (χ4v) is 5.36. The van der Waals surface area contributed by atoms with Gasteiger partial charge in [0.2, 0.25) is 0 Å². The van der Waals surface area contributed by atoms with Crippen LogP contribution in [0, 0.1) is 11.3 Å². The molecule has 0 amide bonds. The molecule has 0 aliphatic heterocycles. The van der Waals surface area contributed by atoms with E-state index in [-0.39, 0.29) is 30.3 Å². The largest absolute Gasteiger partial charge is 0.508 e. The number of phenolic OH excluding ortho intramolecular Hbond substituents is 1. The number of aliphatic hydroxyl groups excluding tert-OH is 2. The fraction of sp³-hybridized carbons (Fsp3) is 0.650. The first-order valence-corrected chi connectivity index (χ1v) is 9.09. The quantitative estimate of drug-likeness (QED) is 0.670. The third-order valence-electron chi connectivity index (χ3n) is 6.87. The average molecular weight is 348 g/mol. The minimum atomic E-state index is -0.738. The van der Waals surface area contributed by atoms with Gasteiger partial charge in [-0.15, -0.1) is 0 Å². The number of aromatic hydroxyl groups is 1. The summed E-state index contributed by atoms with van der Waals surface area (Å²) in [4.78, 5) is 12.0. The molecule has 3 atom stereocenters. The second-order valence-electron chi connectivity index (χ2n) is 8.22. The number of phenols is 1. The lowest BCUT2D eigenvalue weighted by atomic mass is 9.49. The van der Waals surface area contributed by atoms with Crippen molar-refractivity contribution in [1.82, 2.24) is 0 Å². The zero-order chi connectivity index (χ0) is 18.4. The molecule has 0 saturated heterocycles. The van der Waals surface area contributed by atoms with E-state index < -0.39 is 17.3 Å². The van der Waals surface area contributed by atoms with Crippen LogP contribution in [0.1, 0.15) is 62.1 Å². The lowest BCUT2D eigenvalue weighted by Gasteiger charge is -2.53. The van der Waals surface area contributed by atoms with Gasteiger partial charge in [0.05, 0.1) is 18.6 Å². The number of carboxylic acids is 1. The number of aryl methyl sites for hydroxylation is 1. The molecule has 5 nitrogen and oxygen atoms in total. The zero-order valence-electron chi connectivity index (χ0n) is 15.0. The molecule has 3 unspecified atom stereocenters. The van der Waals surface area contributed by atoms with Gasteiger partial charge in [0, 0.05) is 11.5 Å². The Kier molecular flexibility index (Phi) is 4.58. The summed E-state index contributed by atoms with van der Waals surface area (Å²) in [6.45, 7) is 3.55. The van der Waals surface area contributed by atoms with Crippen molar-refractivity contribution >= 4 is 5.97 Å². The van der Waals surface area contributed by atoms with E-state index in [9.17, 15) is 25.2 Å². The van der Waals surface area contributed by atoms with Gasteiger partial charge in [-0.2, -0.15) is 0 Å². The van der Waals surface area contributed by atoms with Crippen molar-refractivity contribution in [1.29, 1.82) is 0 Å². The molecule has 5 heteroatoms. The maximum Gasteiger partial charge on any atom is 0.309 e. The SMILES string of the molecule is CC1(C(=O)O)CCCC2(C)c3cc(O)c(C(CO)CO)cc3CCC12. The monoisotopic (exact) mass is 348 g/mol. The first-order valence-electron chi connectivity index (χ1n) is 9.09. The Morgan fingerprint density at radius 3 is 2.52 bits per heavy atom. The number of carboxylic acid groups (broad SMARTS) is 1. The summed E-state index contributed by atoms with van der Waals surface area (Å²) in [6.07, 6.45) is 4.03. The molecule has 2 aliphatic carbocycles. The van der Waals surface area contributed by atoms with Crippen molar-refractivity contribution in [3.05, 3.63) is 28.8 Å². The summed E-state index contributed by atoms with van der Waals surface area (Å²) >= 11 is 0. The topological polar surface area (TPSA) is 98.0 Å². The fourth-order valence-electron chi connectivity index (χ4n) is 5.36. The molecule has 1 saturated carbocycles. The van der Waals surface area contributed by atoms with Gasteiger partial charge in [-0.3, -0.25) is 4.79 Å². The molecular weight excluding hydrogens is 320 g/mol. The van der Waals surface area contributed by atoms with Crippen LogP contribution in [-0.2, 0) is 16.6 Å². The summed E-state index contributed by atoms with van der Waals surface area (Å²) in [7, 11) is 0. The molecule has 25 heavy (non-hydrogen) atoms. The van der Waals surface area contributed by atoms with Crippen molar-refractivity contribution in [2.24, 2.45) is 11.3 Å². The van der Waals surface area contributed by atoms with E-state index in [1.165, 1.54) is 0 Å². The number of fused-ring (bicyclic) bond motifs is 3. The van der Waals surface area contributed by atoms with Crippen LogP contribution in [0.5, 0.6) is 5.75 Å². The number of hydrogen-bond donors (Lipinski definition) is 4. The van der Waals surface area contributed by atoms with Crippen LogP contribution in [-0.4, -0.2) is 39.6 Å². The van der Waals surface area contributed by atoms with Crippen LogP contribution in [0.4, 0.5) is 0 Å². The van der Waals surface area contributed by atoms with Gasteiger partial charge in [0.25, 0.3) is 0 Å². The molecule has 1 aromatic carbocycles. The molecule has 1 aromatic rings. The van der Waals surface area contributed by atoms with Crippen LogP contribution in [0.15, 0.2) is 12.1 Å². The Labute approximate surface area is 148 Å². The molecule has 0 aromatic heterocycles. The van der Waals surface area contributed by atoms with Gasteiger partial charge < -0.3 is 20.4 Å². The molecular formula is C20H28O5. The number of rotatable bonds is 4. The summed E-state index contributed by atoms with van der Waals surface area (Å²) in [5.41, 5.74) is 1.70. The van der Waals surface area contributed by atoms with Crippen LogP contribution in [0.3, 0.4) is 0 Å². The molecule has 138 valence electrons. The highest BCUT2D eigenvalue weighted by atomic mass is 16.4. The lowest BCUT2D eigenvalue weighted by molar-refractivity contribution is -0.157. The minimum Gasteiger partial charge on any atom is -0.508 e. The van der Waals surface area contributed by atoms with Gasteiger partial charge in [-0.05, 0) is 61.1 Å². The molecule has 0 bridgehead atoms. The van der Waals surface area contributed by atoms with Gasteiger partial charge in [-0.1, -0.05) is 19.4 Å². The Bertz CT molecular complexity index is 681. The minimum absolute atomic E-state index is 0.0375. The van der Waals surface area contributed by atoms with Crippen LogP contribution >= 0.6 is 0 Å². The Morgan fingerprint density at radius 1 is 1.24 bits per heavy atom. The van der Waals surface area contributed by atoms with Crippen molar-refractivity contribution < 1.29 is 25.2 Å². The highest BCUT2D eigenvalue weighted by Gasteiger charge is 2.55. The molecule has 2 aliphatic rings. The number of carbonyl (C=O) groups is 1. The van der Waals surface area contributed by atoms with Crippen molar-refractivity contribution in [3.63, 3.8) is 0 Å². The molecule has 0 radical (unpaired) electrons. The van der Waals surface area contributed by atoms with Gasteiger partial charge >= 0.3 is 5.97 Å². The van der Waals surface area contributed by atoms with Crippen molar-refractivity contribution in [2.45, 2.75) is 57.3 Å². The van der Waals surface area contributed by atoms with E-state index in [0.29, 0.717) is 12.0 Å². The Morgan fingerprint density at radius 2 is 1.92 bits per heavy atom. The van der Waals surface area contributed by atoms with Crippen molar-refractivity contribution in [3.8, 4) is 5.75 Å². The van der Waals surface area contributed by atoms with Gasteiger partial charge in [0.1, 0.15) is 5.75 Å². The maximum atomic E-state index is 12.0. The number of benzene rings is 1. The smallest absolute Gasteiger partial charge is 0.309 e. The molecule has 4 N–H and O–H groups in total. The molecule has 1 fully saturated rings. The number of aliphatic carboxylic acids is 1. The first-order chi connectivity index (χ1) is 11.8. The van der Waals surface area contributed by atoms with Crippen LogP contribution < -0.4 is 0 Å². The van der Waals surface area contributed by atoms with Gasteiger partial charge in [0.15, 0.2) is 0 Å². The number of hydrogen-bond acceptors (Lipinski definition) is 4. The number of aliphatic hydroxyl groups is 2. The van der Waals surface area contributed by atoms with E-state index in [0.717, 1.165) is 36.8 Å². The van der Waals surface area contributed by atoms with Crippen molar-refractivity contribution in [2.75, 3.05) is 13.2 Å². The third-order valence-corrected chi connectivity index (χ3v) is 6.87. The zero-order valence-corrected chi connectivity index (χ0v) is 15.0. The summed E-state index contributed by atoms with van der Waals surface area (Å²) in [6, 6.07) is 3.65. The first kappa shape index (κ1) is 18.2. The Balaban J connectivity index is 2.09. The second kappa shape index (κ2) is 6.29. The van der Waals surface area contributed by atoms with Gasteiger partial charge in [-0.25, -0.2) is 0 Å². The standard InChI is InChI=1S/C20H28O5/c1-19-6-3-7-20(2,18(24)25)17(19)5-4-12-8-14(13(10-21)11-22)16(23)9-15(12)19/h8-9,13,17,21-23H,3-7,10-11H2,1-2H3,(H,24,25). The predicted octanol–water partition coefficient (Wildman–Crippen LogP) is 2.56. The maximum absolute atomic E-state index is 12.0. The second-order valence-corrected chi connectivity index (χ2v) is 8.22. The molecule has 0 spiro atoms. The Hall–Kier alpha value is -1.59. The van der Waals surface area contributed by atoms with E-state index >= 15 is 0 Å². The van der Waals surface area contributed by atoms with E-state index in [1.807, 2.05) is 13.0 Å². The average Bonchev–Trinajstić information content (AvgIpc) is 2.56. The summed E-state index contributed by atoms with van der Waals surface area (Å²) in [5.74, 6) is -1.10. The van der Waals surface area contributed by atoms with Crippen LogP contribution in [0.25, 0.3) is 0 Å². The van der Waals surface area contributed by atoms with E-state index in [2.05, 4.69) is 6.92 Å². The predicted molar refractivity (Wildman–Crippen MR) is 93.8 cm³/mol. The summed E-state index contributed by atoms with van der Waals surface area (Å²) < 4.78 is 0. The van der Waals surface area contributed by atoms with E-state index in [1.54, 1.807) is 6.07 Å². The third kappa shape index (κ3) is 2.64. The highest BCUT2D eigenvalue weighted by Crippen LogP contribution is 2.58. The molecule has 0 heterocycles. The normalized spacial score (nSPS) is 31.5. The van der Waals surface area contributed by atoms with E-state index in [4.69, 9.17) is 0 Å². The molecule has 3 rings (SSSR count). The summed E-state index contributed by atoms with van der Waals surface area (Å²) in [5, 5.41) is 39.2. The lowest BCUT2D eigenvalue weighted by Crippen LogP contribution is -2.52. The highest BCUT2D eigenvalue weighted by molar-refractivity contribution is 5.75.